The summed E-state index contributed by atoms with van der Waals surface area (Å²) in [5.41, 5.74) is 0. The first-order valence-electron chi connectivity index (χ1n) is 0. The molecule has 0 aromatic rings. The molecule has 5 radical (unpaired) electrons. The van der Waals surface area contributed by atoms with Crippen LogP contribution in [0.25, 0.3) is 0 Å². The summed E-state index contributed by atoms with van der Waals surface area (Å²) in [6, 6.07) is 0. The average Bonchev–Trinajstić information content (AvgIpc) is 0. The van der Waals surface area contributed by atoms with Gasteiger partial charge >= 0.3 is 35.2 Å². The van der Waals surface area contributed by atoms with Crippen molar-refractivity contribution in [2.24, 2.45) is 0 Å². The van der Waals surface area contributed by atoms with Gasteiger partial charge in [0.25, 0.3) is 0 Å². The normalized spacial score (nSPS) is 0. The van der Waals surface area contributed by atoms with E-state index in [0.717, 1.165) is 0 Å². The Bertz CT molecular complexity index is 6.04. The van der Waals surface area contributed by atoms with E-state index < -0.39 is 0 Å². The molecule has 0 heterocycles. The van der Waals surface area contributed by atoms with Crippen molar-refractivity contribution in [2.75, 3.05) is 0 Å². The predicted molar refractivity (Wildman–Crippen MR) is 22.7 cm³/mol. The Kier molecular flexibility index (Phi) is 568. The number of hydrogen-bond acceptors (Lipinski definition) is 0. The van der Waals surface area contributed by atoms with Gasteiger partial charge in [0.15, 0.2) is 0 Å². The van der Waals surface area contributed by atoms with Crippen LogP contribution in [-0.2, 0) is 85.3 Å². The van der Waals surface area contributed by atoms with E-state index in [1.807, 2.05) is 0 Å². The van der Waals surface area contributed by atoms with E-state index in [4.69, 9.17) is 0 Å². The van der Waals surface area contributed by atoms with Gasteiger partial charge in [-0.15, -0.1) is 0 Å². The predicted octanol–water partition coefficient (Wildman–Crippen LogP) is -2.92. The molecule has 7 heavy (non-hydrogen) atoms. The maximum Gasteiger partial charge on any atom is 0 e. The zero-order valence-electron chi connectivity index (χ0n) is 1.89. The molecule has 0 unspecified atom stereocenters. The second kappa shape index (κ2) is 53.8. The summed E-state index contributed by atoms with van der Waals surface area (Å²) < 4.78 is 0. The van der Waals surface area contributed by atoms with Crippen LogP contribution in [0.1, 0.15) is 0 Å². The largest absolute Gasteiger partial charge is 0 e. The van der Waals surface area contributed by atoms with Crippen LogP contribution < -0.4 is 0 Å². The molecule has 0 bridgehead atoms. The smallest absolute Gasteiger partial charge is 0 e. The van der Waals surface area contributed by atoms with Gasteiger partial charge in [0, 0.05) is 85.3 Å². The second-order valence-corrected chi connectivity index (χ2v) is 0. The van der Waals surface area contributed by atoms with Gasteiger partial charge in [-0.1, -0.05) is 0 Å². The van der Waals surface area contributed by atoms with E-state index >= 15 is 0 Å². The minimum atomic E-state index is 0. The first kappa shape index (κ1) is 73.8. The van der Waals surface area contributed by atoms with Crippen LogP contribution in [0.2, 0.25) is 0 Å². The first-order valence-corrected chi connectivity index (χ1v) is 0. The molecule has 0 rings (SSSR count). The van der Waals surface area contributed by atoms with Crippen molar-refractivity contribution in [3.05, 3.63) is 0 Å². The molecule has 0 amide bonds. The molecule has 0 N–H and O–H groups in total. The van der Waals surface area contributed by atoms with E-state index in [2.05, 4.69) is 0 Å². The number of hydrogen-bond donors (Lipinski definition) is 0. The third-order valence-corrected chi connectivity index (χ3v) is 0. The molecule has 0 saturated heterocycles. The van der Waals surface area contributed by atoms with Gasteiger partial charge in [-0.2, -0.15) is 0 Å². The van der Waals surface area contributed by atoms with Crippen molar-refractivity contribution in [3.8, 4) is 0 Å². The molecule has 0 fully saturated rings. The Labute approximate surface area is 119 Å². The van der Waals surface area contributed by atoms with Crippen molar-refractivity contribution in [1.82, 2.24) is 0 Å². The van der Waals surface area contributed by atoms with Crippen molar-refractivity contribution >= 4 is 35.2 Å². The minimum Gasteiger partial charge on any atom is 0 e. The van der Waals surface area contributed by atoms with Crippen LogP contribution in [0.15, 0.2) is 0 Å². The number of rotatable bonds is 0. The van der Waals surface area contributed by atoms with Crippen LogP contribution in [-0.4, -0.2) is 35.2 Å². The van der Waals surface area contributed by atoms with E-state index in [1.165, 1.54) is 0 Å². The van der Waals surface area contributed by atoms with E-state index in [9.17, 15) is 0 Å². The van der Waals surface area contributed by atoms with Crippen LogP contribution in [0.5, 0.6) is 0 Å². The molecule has 0 aliphatic carbocycles. The Morgan fingerprint density at radius 3 is 0.286 bits per heavy atom. The Balaban J connectivity index is 0. The molecule has 0 spiro atoms. The fourth-order valence-corrected chi connectivity index (χ4v) is 0. The van der Waals surface area contributed by atoms with Crippen molar-refractivity contribution in [2.45, 2.75) is 0 Å². The molecule has 0 atom stereocenters. The molecular weight excluding hydrogens is 420 g/mol. The summed E-state index contributed by atoms with van der Waals surface area (Å²) in [5.74, 6) is 0. The summed E-state index contributed by atoms with van der Waals surface area (Å²) in [6.07, 6.45) is 0. The standard InChI is InChI=1S/2GeH4.5Mn/h2*1H4;;;;;. The molecule has 0 aromatic heterocycles. The molecular formula is H8Ge2Mn5. The van der Waals surface area contributed by atoms with Gasteiger partial charge in [-0.3, -0.25) is 0 Å². The van der Waals surface area contributed by atoms with Gasteiger partial charge in [0.05, 0.1) is 0 Å². The fraction of sp³-hybridized carbons (Fsp3) is 0. The zero-order chi connectivity index (χ0) is 0. The SMILES string of the molecule is [GeH4].[GeH4].[Mn].[Mn].[Mn].[Mn].[Mn]. The zero-order valence-corrected chi connectivity index (χ0v) is 7.79. The van der Waals surface area contributed by atoms with Crippen LogP contribution in [0.3, 0.4) is 0 Å². The average molecular weight is 428 g/mol. The maximum atomic E-state index is 0. The fourth-order valence-electron chi connectivity index (χ4n) is 0. The van der Waals surface area contributed by atoms with Crippen molar-refractivity contribution in [1.29, 1.82) is 0 Å². The summed E-state index contributed by atoms with van der Waals surface area (Å²) in [7, 11) is 0. The monoisotopic (exact) mass is 431 g/mol. The molecule has 0 aromatic carbocycles. The van der Waals surface area contributed by atoms with Crippen LogP contribution >= 0.6 is 0 Å². The van der Waals surface area contributed by atoms with Crippen LogP contribution in [0, 0.1) is 0 Å². The topological polar surface area (TPSA) is 0 Å². The molecule has 0 aliphatic rings. The molecule has 0 saturated carbocycles. The maximum absolute atomic E-state index is 0. The van der Waals surface area contributed by atoms with Gasteiger partial charge in [0.2, 0.25) is 0 Å². The Morgan fingerprint density at radius 2 is 0.286 bits per heavy atom. The third kappa shape index (κ3) is 42.1. The van der Waals surface area contributed by atoms with Gasteiger partial charge in [-0.05, 0) is 0 Å². The quantitative estimate of drug-likeness (QED) is 0.364. The molecule has 0 nitrogen and oxygen atoms in total. The second-order valence-electron chi connectivity index (χ2n) is 0. The van der Waals surface area contributed by atoms with Gasteiger partial charge in [-0.25, -0.2) is 0 Å². The summed E-state index contributed by atoms with van der Waals surface area (Å²) in [4.78, 5) is 0. The Hall–Kier alpha value is 3.68. The molecule has 0 aliphatic heterocycles. The van der Waals surface area contributed by atoms with Crippen LogP contribution in [0.4, 0.5) is 0 Å². The minimum absolute atomic E-state index is 0. The van der Waals surface area contributed by atoms with Gasteiger partial charge in [0.1, 0.15) is 0 Å². The summed E-state index contributed by atoms with van der Waals surface area (Å²) >= 11 is 0. The molecule has 7 heteroatoms. The summed E-state index contributed by atoms with van der Waals surface area (Å²) in [5, 5.41) is 0. The Morgan fingerprint density at radius 1 is 0.286 bits per heavy atom. The van der Waals surface area contributed by atoms with Crippen molar-refractivity contribution < 1.29 is 85.3 Å². The van der Waals surface area contributed by atoms with Crippen molar-refractivity contribution in [3.63, 3.8) is 0 Å². The first-order chi connectivity index (χ1) is 0. The van der Waals surface area contributed by atoms with E-state index in [-0.39, 0.29) is 121 Å². The molecule has 51 valence electrons. The third-order valence-electron chi connectivity index (χ3n) is 0. The van der Waals surface area contributed by atoms with E-state index in [1.54, 1.807) is 0 Å². The van der Waals surface area contributed by atoms with Gasteiger partial charge < -0.3 is 0 Å². The summed E-state index contributed by atoms with van der Waals surface area (Å²) in [6.45, 7) is 0. The van der Waals surface area contributed by atoms with E-state index in [0.29, 0.717) is 0 Å².